The van der Waals surface area contributed by atoms with E-state index in [1.807, 2.05) is 0 Å². The molecule has 2 atom stereocenters. The number of carbonyl (C=O) groups is 3. The van der Waals surface area contributed by atoms with Gasteiger partial charge in [-0.25, -0.2) is 13.6 Å². The van der Waals surface area contributed by atoms with E-state index in [-0.39, 0.29) is 59.9 Å². The number of alkyl halides is 1. The van der Waals surface area contributed by atoms with Gasteiger partial charge in [0.2, 0.25) is 11.8 Å². The van der Waals surface area contributed by atoms with E-state index in [4.69, 9.17) is 26.1 Å². The van der Waals surface area contributed by atoms with Crippen molar-refractivity contribution in [3.63, 3.8) is 0 Å². The molecule has 1 aliphatic heterocycles. The van der Waals surface area contributed by atoms with Gasteiger partial charge in [0, 0.05) is 29.8 Å². The number of hydrogen-bond donors (Lipinski definition) is 4. The largest absolute Gasteiger partial charge is 0.477 e. The van der Waals surface area contributed by atoms with Crippen LogP contribution in [0.1, 0.15) is 31.4 Å². The van der Waals surface area contributed by atoms with Crippen molar-refractivity contribution >= 4 is 53.7 Å². The predicted molar refractivity (Wildman–Crippen MR) is 148 cm³/mol. The van der Waals surface area contributed by atoms with E-state index in [1.165, 1.54) is 36.4 Å². The average Bonchev–Trinajstić information content (AvgIpc) is 3.33. The third kappa shape index (κ3) is 7.68. The van der Waals surface area contributed by atoms with Crippen LogP contribution < -0.4 is 15.9 Å². The smallest absolute Gasteiger partial charge is 0.361 e. The van der Waals surface area contributed by atoms with E-state index in [2.05, 4.69) is 10.6 Å². The van der Waals surface area contributed by atoms with Gasteiger partial charge in [0.25, 0.3) is 0 Å². The Labute approximate surface area is 240 Å². The van der Waals surface area contributed by atoms with Crippen molar-refractivity contribution in [3.8, 4) is 0 Å². The van der Waals surface area contributed by atoms with Crippen molar-refractivity contribution < 1.29 is 41.9 Å². The zero-order valence-electron chi connectivity index (χ0n) is 22.3. The molecule has 0 saturated carbocycles. The molecule has 222 valence electrons. The lowest BCUT2D eigenvalue weighted by atomic mass is 10.1. The molecule has 1 heterocycles. The van der Waals surface area contributed by atoms with Crippen molar-refractivity contribution in [2.24, 2.45) is 0 Å². The van der Waals surface area contributed by atoms with Crippen LogP contribution >= 0.6 is 19.2 Å². The first kappa shape index (κ1) is 32.1. The van der Waals surface area contributed by atoms with Crippen LogP contribution in [0.2, 0.25) is 5.02 Å². The maximum atomic E-state index is 14.4. The van der Waals surface area contributed by atoms with E-state index in [0.29, 0.717) is 0 Å². The van der Waals surface area contributed by atoms with Gasteiger partial charge < -0.3 is 29.7 Å². The topological polar surface area (TPSA) is 158 Å². The van der Waals surface area contributed by atoms with Gasteiger partial charge in [0.1, 0.15) is 23.7 Å². The van der Waals surface area contributed by atoms with Crippen LogP contribution in [-0.2, 0) is 34.5 Å². The van der Waals surface area contributed by atoms with Crippen molar-refractivity contribution in [1.29, 1.82) is 5.41 Å². The first-order valence-corrected chi connectivity index (χ1v) is 14.6. The second-order valence-corrected chi connectivity index (χ2v) is 11.4. The van der Waals surface area contributed by atoms with Crippen LogP contribution in [0.15, 0.2) is 36.4 Å². The Balaban J connectivity index is 1.79. The molecule has 0 spiro atoms. The summed E-state index contributed by atoms with van der Waals surface area (Å²) in [6, 6.07) is 6.92. The molecule has 2 amide bonds. The number of amides is 2. The number of benzene rings is 2. The first-order valence-electron chi connectivity index (χ1n) is 12.7. The fraction of sp³-hybridized carbons (Fsp3) is 0.385. The van der Waals surface area contributed by atoms with Crippen LogP contribution in [0, 0.1) is 11.2 Å². The quantitative estimate of drug-likeness (QED) is 0.197. The van der Waals surface area contributed by atoms with Gasteiger partial charge in [0.05, 0.1) is 36.6 Å². The number of carboxylic acids is 1. The SMILES string of the molecule is CCOP(=O)(OCC)c1ccc(C(=N)C(=O)O)c(NCC(=O)N2C[C@H](F)C[C@H]2C(=O)NCc2cccc(Cl)c2F)c1. The highest BCUT2D eigenvalue weighted by molar-refractivity contribution is 7.62. The van der Waals surface area contributed by atoms with Crippen molar-refractivity contribution in [1.82, 2.24) is 10.2 Å². The highest BCUT2D eigenvalue weighted by Crippen LogP contribution is 2.47. The number of halogens is 3. The lowest BCUT2D eigenvalue weighted by molar-refractivity contribution is -0.137. The number of likely N-dealkylation sites (tertiary alicyclic amines) is 1. The second-order valence-electron chi connectivity index (χ2n) is 8.92. The summed E-state index contributed by atoms with van der Waals surface area (Å²) in [6.45, 7) is 2.22. The summed E-state index contributed by atoms with van der Waals surface area (Å²) in [5.41, 5.74) is -0.831. The molecule has 0 aliphatic carbocycles. The van der Waals surface area contributed by atoms with Crippen LogP contribution in [0.3, 0.4) is 0 Å². The third-order valence-corrected chi connectivity index (χ3v) is 8.59. The Bertz CT molecular complexity index is 1370. The summed E-state index contributed by atoms with van der Waals surface area (Å²) in [5, 5.41) is 22.4. The number of anilines is 1. The molecule has 15 heteroatoms. The van der Waals surface area contributed by atoms with E-state index >= 15 is 0 Å². The van der Waals surface area contributed by atoms with Gasteiger partial charge >= 0.3 is 13.6 Å². The summed E-state index contributed by atoms with van der Waals surface area (Å²) < 4.78 is 52.4. The fourth-order valence-corrected chi connectivity index (χ4v) is 6.07. The molecular formula is C26H30ClF2N4O7P. The number of rotatable bonds is 13. The van der Waals surface area contributed by atoms with E-state index in [0.717, 1.165) is 4.90 Å². The van der Waals surface area contributed by atoms with Crippen molar-refractivity contribution in [3.05, 3.63) is 58.4 Å². The molecule has 41 heavy (non-hydrogen) atoms. The van der Waals surface area contributed by atoms with Gasteiger partial charge in [-0.2, -0.15) is 0 Å². The Hall–Kier alpha value is -3.38. The Morgan fingerprint density at radius 1 is 1.20 bits per heavy atom. The summed E-state index contributed by atoms with van der Waals surface area (Å²) in [6.07, 6.45) is -1.76. The van der Waals surface area contributed by atoms with E-state index < -0.39 is 55.7 Å². The minimum absolute atomic E-state index is 0.0312. The molecule has 3 rings (SSSR count). The minimum Gasteiger partial charge on any atom is -0.477 e. The highest BCUT2D eigenvalue weighted by atomic mass is 35.5. The number of nitrogens with zero attached hydrogens (tertiary/aromatic N) is 1. The molecule has 0 radical (unpaired) electrons. The predicted octanol–water partition coefficient (Wildman–Crippen LogP) is 3.49. The fourth-order valence-electron chi connectivity index (χ4n) is 4.27. The summed E-state index contributed by atoms with van der Waals surface area (Å²) >= 11 is 5.77. The molecule has 0 bridgehead atoms. The monoisotopic (exact) mass is 614 g/mol. The summed E-state index contributed by atoms with van der Waals surface area (Å²) in [7, 11) is -3.80. The molecule has 0 unspecified atom stereocenters. The van der Waals surface area contributed by atoms with Crippen molar-refractivity contribution in [2.45, 2.75) is 39.0 Å². The molecule has 2 aromatic rings. The number of carbonyl (C=O) groups excluding carboxylic acids is 2. The van der Waals surface area contributed by atoms with Crippen LogP contribution in [0.4, 0.5) is 14.5 Å². The maximum absolute atomic E-state index is 14.4. The second kappa shape index (κ2) is 14.0. The first-order chi connectivity index (χ1) is 19.4. The summed E-state index contributed by atoms with van der Waals surface area (Å²) in [5.74, 6) is -3.64. The lowest BCUT2D eigenvalue weighted by Crippen LogP contribution is -2.47. The number of hydrogen-bond acceptors (Lipinski definition) is 8. The third-order valence-electron chi connectivity index (χ3n) is 6.19. The molecule has 11 nitrogen and oxygen atoms in total. The zero-order valence-corrected chi connectivity index (χ0v) is 23.9. The summed E-state index contributed by atoms with van der Waals surface area (Å²) in [4.78, 5) is 38.5. The van der Waals surface area contributed by atoms with Gasteiger partial charge in [-0.3, -0.25) is 19.6 Å². The Morgan fingerprint density at radius 2 is 1.88 bits per heavy atom. The molecule has 0 aromatic heterocycles. The van der Waals surface area contributed by atoms with Crippen LogP contribution in [-0.4, -0.2) is 72.0 Å². The maximum Gasteiger partial charge on any atom is 0.361 e. The Kier molecular flexibility index (Phi) is 11.0. The lowest BCUT2D eigenvalue weighted by Gasteiger charge is -2.24. The number of nitrogens with one attached hydrogen (secondary N) is 3. The van der Waals surface area contributed by atoms with Crippen LogP contribution in [0.25, 0.3) is 0 Å². The average molecular weight is 615 g/mol. The van der Waals surface area contributed by atoms with Gasteiger partial charge in [-0.1, -0.05) is 23.7 Å². The molecule has 1 fully saturated rings. The zero-order chi connectivity index (χ0) is 30.3. The number of aliphatic carboxylic acids is 1. The van der Waals surface area contributed by atoms with Crippen molar-refractivity contribution in [2.75, 3.05) is 31.6 Å². The number of carboxylic acid groups (broad SMARTS) is 1. The normalized spacial score (nSPS) is 16.9. The van der Waals surface area contributed by atoms with Crippen LogP contribution in [0.5, 0.6) is 0 Å². The Morgan fingerprint density at radius 3 is 2.51 bits per heavy atom. The van der Waals surface area contributed by atoms with Gasteiger partial charge in [0.15, 0.2) is 0 Å². The minimum atomic E-state index is -3.80. The molecular weight excluding hydrogens is 585 g/mol. The molecule has 1 saturated heterocycles. The van der Waals surface area contributed by atoms with E-state index in [9.17, 15) is 32.8 Å². The molecule has 4 N–H and O–H groups in total. The van der Waals surface area contributed by atoms with Gasteiger partial charge in [-0.15, -0.1) is 0 Å². The standard InChI is InChI=1S/C26H30ClF2N4O7P/c1-3-39-41(38,40-4-2)17-8-9-18(24(30)26(36)37)20(11-17)31-13-22(34)33-14-16(28)10-21(33)25(35)32-12-15-6-5-7-19(27)23(15)29/h5-9,11,16,21,30-31H,3-4,10,12-14H2,1-2H3,(H,32,35)(H,36,37)/t16-,21+/m1/s1. The van der Waals surface area contributed by atoms with Gasteiger partial charge in [-0.05, 0) is 38.1 Å². The molecule has 2 aromatic carbocycles. The highest BCUT2D eigenvalue weighted by Gasteiger charge is 2.39. The van der Waals surface area contributed by atoms with E-state index in [1.54, 1.807) is 13.8 Å². The molecule has 1 aliphatic rings.